The Kier molecular flexibility index (Phi) is 4.88. The predicted molar refractivity (Wildman–Crippen MR) is 82.5 cm³/mol. The summed E-state index contributed by atoms with van der Waals surface area (Å²) in [4.78, 5) is 0. The molecule has 3 nitrogen and oxygen atoms in total. The van der Waals surface area contributed by atoms with Crippen molar-refractivity contribution in [3.63, 3.8) is 0 Å². The zero-order valence-electron chi connectivity index (χ0n) is 12.2. The summed E-state index contributed by atoms with van der Waals surface area (Å²) in [5.41, 5.74) is 2.11. The number of benzene rings is 2. The largest absolute Gasteiger partial charge is 0.495 e. The molecule has 0 amide bonds. The molecular formula is C17H21NO2. The van der Waals surface area contributed by atoms with Gasteiger partial charge in [0.15, 0.2) is 0 Å². The minimum Gasteiger partial charge on any atom is -0.495 e. The minimum atomic E-state index is 0.169. The average molecular weight is 271 g/mol. The Bertz CT molecular complexity index is 552. The van der Waals surface area contributed by atoms with Crippen LogP contribution in [0.5, 0.6) is 11.5 Å². The third-order valence-electron chi connectivity index (χ3n) is 2.91. The van der Waals surface area contributed by atoms with Crippen LogP contribution >= 0.6 is 0 Å². The molecule has 2 rings (SSSR count). The normalized spacial score (nSPS) is 10.4. The Labute approximate surface area is 120 Å². The third-order valence-corrected chi connectivity index (χ3v) is 2.91. The second kappa shape index (κ2) is 6.85. The van der Waals surface area contributed by atoms with Crippen molar-refractivity contribution in [1.29, 1.82) is 0 Å². The Morgan fingerprint density at radius 1 is 0.950 bits per heavy atom. The van der Waals surface area contributed by atoms with Crippen molar-refractivity contribution in [1.82, 2.24) is 0 Å². The lowest BCUT2D eigenvalue weighted by Crippen LogP contribution is -2.09. The highest BCUT2D eigenvalue weighted by Crippen LogP contribution is 2.25. The molecule has 0 radical (unpaired) electrons. The van der Waals surface area contributed by atoms with E-state index >= 15 is 0 Å². The number of hydrogen-bond acceptors (Lipinski definition) is 3. The van der Waals surface area contributed by atoms with Crippen molar-refractivity contribution in [2.75, 3.05) is 12.4 Å². The van der Waals surface area contributed by atoms with Gasteiger partial charge in [0, 0.05) is 12.1 Å². The first-order valence-electron chi connectivity index (χ1n) is 6.82. The van der Waals surface area contributed by atoms with E-state index < -0.39 is 0 Å². The maximum absolute atomic E-state index is 5.82. The van der Waals surface area contributed by atoms with E-state index in [-0.39, 0.29) is 6.10 Å². The standard InChI is InChI=1S/C17H21NO2/c1-13(2)20-16-10-6-4-8-14(16)12-18-15-9-5-7-11-17(15)19-3/h4-11,13,18H,12H2,1-3H3. The first kappa shape index (κ1) is 14.3. The van der Waals surface area contributed by atoms with Gasteiger partial charge in [-0.2, -0.15) is 0 Å². The van der Waals surface area contributed by atoms with Crippen molar-refractivity contribution in [2.24, 2.45) is 0 Å². The Morgan fingerprint density at radius 2 is 1.60 bits per heavy atom. The number of nitrogens with one attached hydrogen (secondary N) is 1. The summed E-state index contributed by atoms with van der Waals surface area (Å²) in [6.45, 7) is 4.76. The van der Waals surface area contributed by atoms with Gasteiger partial charge in [0.1, 0.15) is 11.5 Å². The minimum absolute atomic E-state index is 0.169. The molecule has 2 aromatic carbocycles. The quantitative estimate of drug-likeness (QED) is 0.858. The van der Waals surface area contributed by atoms with Crippen molar-refractivity contribution < 1.29 is 9.47 Å². The number of methoxy groups -OCH3 is 1. The van der Waals surface area contributed by atoms with Crippen molar-refractivity contribution in [3.05, 3.63) is 54.1 Å². The first-order chi connectivity index (χ1) is 9.70. The number of ether oxygens (including phenoxy) is 2. The summed E-state index contributed by atoms with van der Waals surface area (Å²) in [7, 11) is 1.68. The van der Waals surface area contributed by atoms with Crippen LogP contribution in [0.25, 0.3) is 0 Å². The van der Waals surface area contributed by atoms with Crippen LogP contribution in [0, 0.1) is 0 Å². The maximum atomic E-state index is 5.82. The van der Waals surface area contributed by atoms with Crippen LogP contribution in [-0.4, -0.2) is 13.2 Å². The molecule has 0 atom stereocenters. The first-order valence-corrected chi connectivity index (χ1v) is 6.82. The van der Waals surface area contributed by atoms with Gasteiger partial charge in [-0.05, 0) is 32.0 Å². The second-order valence-electron chi connectivity index (χ2n) is 4.83. The summed E-state index contributed by atoms with van der Waals surface area (Å²) in [5.74, 6) is 1.76. The number of hydrogen-bond donors (Lipinski definition) is 1. The van der Waals surface area contributed by atoms with Crippen molar-refractivity contribution in [3.8, 4) is 11.5 Å². The second-order valence-corrected chi connectivity index (χ2v) is 4.83. The van der Waals surface area contributed by atoms with Crippen LogP contribution in [0.15, 0.2) is 48.5 Å². The van der Waals surface area contributed by atoms with E-state index in [9.17, 15) is 0 Å². The lowest BCUT2D eigenvalue weighted by atomic mass is 10.2. The van der Waals surface area contributed by atoms with Gasteiger partial charge < -0.3 is 14.8 Å². The molecular weight excluding hydrogens is 250 g/mol. The molecule has 3 heteroatoms. The SMILES string of the molecule is COc1ccccc1NCc1ccccc1OC(C)C. The van der Waals surface area contributed by atoms with Gasteiger partial charge in [0.2, 0.25) is 0 Å². The van der Waals surface area contributed by atoms with Crippen molar-refractivity contribution in [2.45, 2.75) is 26.5 Å². The molecule has 0 heterocycles. The number of anilines is 1. The fraction of sp³-hybridized carbons (Fsp3) is 0.294. The van der Waals surface area contributed by atoms with Gasteiger partial charge in [0.05, 0.1) is 18.9 Å². The maximum Gasteiger partial charge on any atom is 0.141 e. The monoisotopic (exact) mass is 271 g/mol. The van der Waals surface area contributed by atoms with E-state index in [4.69, 9.17) is 9.47 Å². The lowest BCUT2D eigenvalue weighted by molar-refractivity contribution is 0.240. The molecule has 0 bridgehead atoms. The van der Waals surface area contributed by atoms with Crippen LogP contribution in [0.3, 0.4) is 0 Å². The molecule has 0 unspecified atom stereocenters. The lowest BCUT2D eigenvalue weighted by Gasteiger charge is -2.16. The van der Waals surface area contributed by atoms with Crippen LogP contribution < -0.4 is 14.8 Å². The molecule has 106 valence electrons. The van der Waals surface area contributed by atoms with Crippen LogP contribution in [-0.2, 0) is 6.54 Å². The fourth-order valence-corrected chi connectivity index (χ4v) is 2.00. The molecule has 0 saturated carbocycles. The molecule has 0 spiro atoms. The highest BCUT2D eigenvalue weighted by molar-refractivity contribution is 5.56. The molecule has 0 aromatic heterocycles. The molecule has 0 aliphatic rings. The zero-order chi connectivity index (χ0) is 14.4. The summed E-state index contributed by atoms with van der Waals surface area (Å²) < 4.78 is 11.2. The van der Waals surface area contributed by atoms with Gasteiger partial charge in [-0.3, -0.25) is 0 Å². The van der Waals surface area contributed by atoms with E-state index in [1.165, 1.54) is 0 Å². The smallest absolute Gasteiger partial charge is 0.141 e. The van der Waals surface area contributed by atoms with E-state index in [0.29, 0.717) is 6.54 Å². The number of para-hydroxylation sites is 3. The fourth-order valence-electron chi connectivity index (χ4n) is 2.00. The van der Waals surface area contributed by atoms with E-state index in [1.54, 1.807) is 7.11 Å². The molecule has 2 aromatic rings. The summed E-state index contributed by atoms with van der Waals surface area (Å²) in [5, 5.41) is 3.39. The van der Waals surface area contributed by atoms with Gasteiger partial charge in [-0.25, -0.2) is 0 Å². The Balaban J connectivity index is 2.11. The highest BCUT2D eigenvalue weighted by atomic mass is 16.5. The van der Waals surface area contributed by atoms with Crippen LogP contribution in [0.1, 0.15) is 19.4 Å². The van der Waals surface area contributed by atoms with Crippen LogP contribution in [0.4, 0.5) is 5.69 Å². The Morgan fingerprint density at radius 3 is 2.30 bits per heavy atom. The van der Waals surface area contributed by atoms with E-state index in [2.05, 4.69) is 11.4 Å². The van der Waals surface area contributed by atoms with Gasteiger partial charge in [0.25, 0.3) is 0 Å². The number of rotatable bonds is 6. The molecule has 0 saturated heterocycles. The molecule has 0 aliphatic carbocycles. The Hall–Kier alpha value is -2.16. The molecule has 1 N–H and O–H groups in total. The van der Waals surface area contributed by atoms with Gasteiger partial charge in [-0.15, -0.1) is 0 Å². The topological polar surface area (TPSA) is 30.5 Å². The summed E-state index contributed by atoms with van der Waals surface area (Å²) >= 11 is 0. The molecule has 20 heavy (non-hydrogen) atoms. The molecule has 0 fully saturated rings. The average Bonchev–Trinajstić information content (AvgIpc) is 2.46. The van der Waals surface area contributed by atoms with Crippen LogP contribution in [0.2, 0.25) is 0 Å². The summed E-state index contributed by atoms with van der Waals surface area (Å²) in [6.07, 6.45) is 0.169. The van der Waals surface area contributed by atoms with Gasteiger partial charge in [-0.1, -0.05) is 30.3 Å². The third kappa shape index (κ3) is 3.67. The zero-order valence-corrected chi connectivity index (χ0v) is 12.2. The molecule has 0 aliphatic heterocycles. The van der Waals surface area contributed by atoms with Gasteiger partial charge >= 0.3 is 0 Å². The van der Waals surface area contributed by atoms with E-state index in [0.717, 1.165) is 22.7 Å². The van der Waals surface area contributed by atoms with Crippen molar-refractivity contribution >= 4 is 5.69 Å². The highest BCUT2D eigenvalue weighted by Gasteiger charge is 2.06. The predicted octanol–water partition coefficient (Wildman–Crippen LogP) is 4.09. The summed E-state index contributed by atoms with van der Waals surface area (Å²) in [6, 6.07) is 16.0. The van der Waals surface area contributed by atoms with E-state index in [1.807, 2.05) is 56.3 Å².